The summed E-state index contributed by atoms with van der Waals surface area (Å²) in [5, 5.41) is 13.7. The average Bonchev–Trinajstić information content (AvgIpc) is 2.63. The van der Waals surface area contributed by atoms with E-state index in [-0.39, 0.29) is 14.0 Å². The zero-order valence-corrected chi connectivity index (χ0v) is 14.0. The first kappa shape index (κ1) is 24.0. The number of esters is 1. The molecule has 1 aromatic carbocycles. The van der Waals surface area contributed by atoms with Crippen LogP contribution in [0.15, 0.2) is 30.3 Å². The van der Waals surface area contributed by atoms with Gasteiger partial charge in [0.05, 0.1) is 19.6 Å². The minimum absolute atomic E-state index is 0. The molecule has 0 aliphatic rings. The van der Waals surface area contributed by atoms with E-state index in [0.717, 1.165) is 5.56 Å². The number of rotatable bonds is 10. The first-order chi connectivity index (χ1) is 12.4. The molecule has 0 radical (unpaired) electrons. The van der Waals surface area contributed by atoms with Crippen LogP contribution in [-0.2, 0) is 30.5 Å². The van der Waals surface area contributed by atoms with Crippen LogP contribution in [0.1, 0.15) is 19.4 Å². The quantitative estimate of drug-likeness (QED) is 0.296. The van der Waals surface area contributed by atoms with E-state index in [0.29, 0.717) is 0 Å². The standard InChI is InChI=1S/C16H22N4O6.CH4/c17-7-14(23)19-11(6-13(18)22)15(24)20-12(8-21)16(25)26-9-10-4-2-1-3-5-10;/h1-5,11-12,21H,6-9,17H2,(H2,18,22)(H,19,23)(H,20,24);1H4/t11-,12-;/m0./s1. The number of aliphatic hydroxyl groups is 1. The first-order valence-electron chi connectivity index (χ1n) is 7.76. The van der Waals surface area contributed by atoms with E-state index in [9.17, 15) is 24.3 Å². The molecule has 0 fully saturated rings. The summed E-state index contributed by atoms with van der Waals surface area (Å²) in [6.07, 6.45) is -0.491. The molecule has 0 heterocycles. The maximum atomic E-state index is 12.2. The van der Waals surface area contributed by atoms with Crippen molar-refractivity contribution in [3.63, 3.8) is 0 Å². The van der Waals surface area contributed by atoms with Gasteiger partial charge < -0.3 is 31.9 Å². The van der Waals surface area contributed by atoms with Gasteiger partial charge in [0.15, 0.2) is 6.04 Å². The van der Waals surface area contributed by atoms with Crippen molar-refractivity contribution in [3.05, 3.63) is 35.9 Å². The lowest BCUT2D eigenvalue weighted by molar-refractivity contribution is -0.150. The lowest BCUT2D eigenvalue weighted by Gasteiger charge is -2.20. The Morgan fingerprint density at radius 3 is 2.22 bits per heavy atom. The van der Waals surface area contributed by atoms with Crippen LogP contribution in [0.2, 0.25) is 0 Å². The largest absolute Gasteiger partial charge is 0.459 e. The molecule has 2 atom stereocenters. The molecule has 0 unspecified atom stereocenters. The van der Waals surface area contributed by atoms with Gasteiger partial charge >= 0.3 is 5.97 Å². The highest BCUT2D eigenvalue weighted by Gasteiger charge is 2.28. The van der Waals surface area contributed by atoms with E-state index in [4.69, 9.17) is 16.2 Å². The second-order valence-corrected chi connectivity index (χ2v) is 5.33. The van der Waals surface area contributed by atoms with Crippen LogP contribution in [0, 0.1) is 0 Å². The van der Waals surface area contributed by atoms with Crippen LogP contribution in [0.25, 0.3) is 0 Å². The van der Waals surface area contributed by atoms with Gasteiger partial charge in [-0.15, -0.1) is 0 Å². The number of nitrogens with one attached hydrogen (secondary N) is 2. The van der Waals surface area contributed by atoms with E-state index in [1.165, 1.54) is 0 Å². The molecule has 10 nitrogen and oxygen atoms in total. The fourth-order valence-electron chi connectivity index (χ4n) is 1.94. The normalized spacial score (nSPS) is 12.1. The number of hydrogen-bond donors (Lipinski definition) is 5. The number of amides is 3. The van der Waals surface area contributed by atoms with Gasteiger partial charge in [0.1, 0.15) is 12.6 Å². The molecular weight excluding hydrogens is 356 g/mol. The number of carbonyl (C=O) groups is 4. The second-order valence-electron chi connectivity index (χ2n) is 5.33. The molecule has 0 aliphatic heterocycles. The molecular formula is C17H26N4O6. The highest BCUT2D eigenvalue weighted by atomic mass is 16.5. The predicted octanol–water partition coefficient (Wildman–Crippen LogP) is -1.84. The first-order valence-corrected chi connectivity index (χ1v) is 7.76. The van der Waals surface area contributed by atoms with Crippen molar-refractivity contribution in [2.24, 2.45) is 11.5 Å². The Morgan fingerprint density at radius 1 is 1.07 bits per heavy atom. The minimum atomic E-state index is -1.36. The number of ether oxygens (including phenoxy) is 1. The van der Waals surface area contributed by atoms with Gasteiger partial charge in [-0.05, 0) is 5.56 Å². The number of hydrogen-bond acceptors (Lipinski definition) is 7. The van der Waals surface area contributed by atoms with Gasteiger partial charge in [-0.2, -0.15) is 0 Å². The Hall–Kier alpha value is -2.98. The molecule has 0 saturated heterocycles. The lowest BCUT2D eigenvalue weighted by atomic mass is 10.1. The fraction of sp³-hybridized carbons (Fsp3) is 0.412. The minimum Gasteiger partial charge on any atom is -0.459 e. The molecule has 150 valence electrons. The summed E-state index contributed by atoms with van der Waals surface area (Å²) in [7, 11) is 0. The number of aliphatic hydroxyl groups excluding tert-OH is 1. The molecule has 3 amide bonds. The summed E-state index contributed by atoms with van der Waals surface area (Å²) < 4.78 is 5.03. The summed E-state index contributed by atoms with van der Waals surface area (Å²) in [5.74, 6) is -3.26. The van der Waals surface area contributed by atoms with E-state index >= 15 is 0 Å². The third kappa shape index (κ3) is 8.79. The Morgan fingerprint density at radius 2 is 1.70 bits per heavy atom. The van der Waals surface area contributed by atoms with Crippen LogP contribution in [0.5, 0.6) is 0 Å². The Balaban J connectivity index is 0.00000676. The molecule has 10 heteroatoms. The number of carbonyl (C=O) groups excluding carboxylic acids is 4. The second kappa shape index (κ2) is 12.4. The van der Waals surface area contributed by atoms with Gasteiger partial charge in [0, 0.05) is 0 Å². The predicted molar refractivity (Wildman–Crippen MR) is 96.8 cm³/mol. The van der Waals surface area contributed by atoms with E-state index in [1.54, 1.807) is 30.3 Å². The Kier molecular flexibility index (Phi) is 11.0. The molecule has 0 bridgehead atoms. The van der Waals surface area contributed by atoms with Gasteiger partial charge in [-0.3, -0.25) is 14.4 Å². The van der Waals surface area contributed by atoms with Crippen molar-refractivity contribution >= 4 is 23.7 Å². The average molecular weight is 382 g/mol. The zero-order chi connectivity index (χ0) is 19.5. The fourth-order valence-corrected chi connectivity index (χ4v) is 1.94. The number of nitrogens with two attached hydrogens (primary N) is 2. The van der Waals surface area contributed by atoms with Crippen LogP contribution < -0.4 is 22.1 Å². The maximum Gasteiger partial charge on any atom is 0.331 e. The van der Waals surface area contributed by atoms with Crippen LogP contribution in [-0.4, -0.2) is 54.0 Å². The zero-order valence-electron chi connectivity index (χ0n) is 14.0. The van der Waals surface area contributed by atoms with Gasteiger partial charge in [-0.25, -0.2) is 4.79 Å². The van der Waals surface area contributed by atoms with Gasteiger partial charge in [-0.1, -0.05) is 37.8 Å². The van der Waals surface area contributed by atoms with E-state index in [1.807, 2.05) is 0 Å². The smallest absolute Gasteiger partial charge is 0.331 e. The van der Waals surface area contributed by atoms with Crippen LogP contribution >= 0.6 is 0 Å². The summed E-state index contributed by atoms with van der Waals surface area (Å²) in [4.78, 5) is 46.6. The molecule has 0 spiro atoms. The lowest BCUT2D eigenvalue weighted by Crippen LogP contribution is -2.54. The Labute approximate surface area is 157 Å². The third-order valence-electron chi connectivity index (χ3n) is 3.25. The Bertz CT molecular complexity index is 638. The highest BCUT2D eigenvalue weighted by molar-refractivity contribution is 5.94. The van der Waals surface area contributed by atoms with Crippen molar-refractivity contribution in [2.45, 2.75) is 32.5 Å². The van der Waals surface area contributed by atoms with E-state index in [2.05, 4.69) is 10.6 Å². The van der Waals surface area contributed by atoms with Crippen molar-refractivity contribution in [1.29, 1.82) is 0 Å². The molecule has 0 aliphatic carbocycles. The summed E-state index contributed by atoms with van der Waals surface area (Å²) >= 11 is 0. The van der Waals surface area contributed by atoms with Crippen molar-refractivity contribution in [1.82, 2.24) is 10.6 Å². The number of primary amides is 1. The van der Waals surface area contributed by atoms with Gasteiger partial charge in [0.25, 0.3) is 0 Å². The topological polar surface area (TPSA) is 174 Å². The summed E-state index contributed by atoms with van der Waals surface area (Å²) in [6.45, 7) is -1.17. The monoisotopic (exact) mass is 382 g/mol. The molecule has 27 heavy (non-hydrogen) atoms. The van der Waals surface area contributed by atoms with Crippen molar-refractivity contribution < 1.29 is 29.0 Å². The van der Waals surface area contributed by atoms with E-state index < -0.39 is 55.3 Å². The molecule has 0 saturated carbocycles. The van der Waals surface area contributed by atoms with Crippen LogP contribution in [0.3, 0.4) is 0 Å². The van der Waals surface area contributed by atoms with Crippen molar-refractivity contribution in [2.75, 3.05) is 13.2 Å². The molecule has 0 aromatic heterocycles. The maximum absolute atomic E-state index is 12.2. The third-order valence-corrected chi connectivity index (χ3v) is 3.25. The summed E-state index contributed by atoms with van der Waals surface area (Å²) in [5.41, 5.74) is 10.9. The highest BCUT2D eigenvalue weighted by Crippen LogP contribution is 2.02. The van der Waals surface area contributed by atoms with Crippen LogP contribution in [0.4, 0.5) is 0 Å². The molecule has 1 aromatic rings. The molecule has 7 N–H and O–H groups in total. The SMILES string of the molecule is C.NCC(=O)N[C@@H](CC(N)=O)C(=O)N[C@@H](CO)C(=O)OCc1ccccc1. The van der Waals surface area contributed by atoms with Gasteiger partial charge in [0.2, 0.25) is 17.7 Å². The summed E-state index contributed by atoms with van der Waals surface area (Å²) in [6, 6.07) is 6.13. The molecule has 1 rings (SSSR count). The van der Waals surface area contributed by atoms with Crippen molar-refractivity contribution in [3.8, 4) is 0 Å². The number of benzene rings is 1.